The zero-order chi connectivity index (χ0) is 9.42. The molecule has 70 valence electrons. The van der Waals surface area contributed by atoms with Gasteiger partial charge in [-0.3, -0.25) is 5.01 Å². The quantitative estimate of drug-likeness (QED) is 0.405. The second-order valence-electron chi connectivity index (χ2n) is 2.88. The molecule has 2 aliphatic heterocycles. The van der Waals surface area contributed by atoms with Gasteiger partial charge in [0.1, 0.15) is 5.76 Å². The standard InChI is InChI=1S/C8H10N2O3/c11-5-1-2-7-6(8(12)13)3-9-10(7)4-5/h1-2,4,8-9,11-13H,3H2. The lowest BCUT2D eigenvalue weighted by Crippen LogP contribution is -2.27. The lowest BCUT2D eigenvalue weighted by atomic mass is 10.2. The zero-order valence-corrected chi connectivity index (χ0v) is 6.81. The second-order valence-corrected chi connectivity index (χ2v) is 2.88. The van der Waals surface area contributed by atoms with Crippen molar-refractivity contribution in [1.29, 1.82) is 0 Å². The highest BCUT2D eigenvalue weighted by molar-refractivity contribution is 5.37. The Kier molecular flexibility index (Phi) is 1.84. The van der Waals surface area contributed by atoms with Gasteiger partial charge in [-0.25, -0.2) is 5.43 Å². The third kappa shape index (κ3) is 1.33. The number of nitrogens with zero attached hydrogens (tertiary/aromatic N) is 1. The number of aliphatic hydroxyl groups is 3. The van der Waals surface area contributed by atoms with E-state index in [4.69, 9.17) is 15.3 Å². The maximum atomic E-state index is 9.13. The van der Waals surface area contributed by atoms with Crippen LogP contribution in [-0.2, 0) is 0 Å². The van der Waals surface area contributed by atoms with E-state index in [1.54, 1.807) is 11.1 Å². The molecular formula is C8H10N2O3. The van der Waals surface area contributed by atoms with Crippen LogP contribution in [0.25, 0.3) is 0 Å². The van der Waals surface area contributed by atoms with E-state index in [0.29, 0.717) is 17.8 Å². The van der Waals surface area contributed by atoms with E-state index in [2.05, 4.69) is 5.43 Å². The molecule has 0 atom stereocenters. The van der Waals surface area contributed by atoms with Gasteiger partial charge in [0.25, 0.3) is 0 Å². The molecule has 0 fully saturated rings. The molecule has 4 N–H and O–H groups in total. The summed E-state index contributed by atoms with van der Waals surface area (Å²) in [6, 6.07) is 0. The third-order valence-electron chi connectivity index (χ3n) is 2.01. The number of hydrogen-bond donors (Lipinski definition) is 4. The summed E-state index contributed by atoms with van der Waals surface area (Å²) in [6.07, 6.45) is 3.15. The third-order valence-corrected chi connectivity index (χ3v) is 2.01. The summed E-state index contributed by atoms with van der Waals surface area (Å²) >= 11 is 0. The first-order valence-corrected chi connectivity index (χ1v) is 3.89. The molecule has 2 heterocycles. The topological polar surface area (TPSA) is 76.0 Å². The number of hydrazine groups is 1. The van der Waals surface area contributed by atoms with Crippen LogP contribution in [0.1, 0.15) is 0 Å². The predicted molar refractivity (Wildman–Crippen MR) is 44.9 cm³/mol. The Morgan fingerprint density at radius 2 is 2.15 bits per heavy atom. The average molecular weight is 182 g/mol. The Labute approximate surface area is 74.9 Å². The van der Waals surface area contributed by atoms with Crippen LogP contribution in [0.15, 0.2) is 35.4 Å². The summed E-state index contributed by atoms with van der Waals surface area (Å²) in [7, 11) is 0. The first kappa shape index (κ1) is 8.31. The highest BCUT2D eigenvalue weighted by Crippen LogP contribution is 2.23. The Morgan fingerprint density at radius 3 is 2.85 bits per heavy atom. The monoisotopic (exact) mass is 182 g/mol. The van der Waals surface area contributed by atoms with E-state index in [0.717, 1.165) is 0 Å². The van der Waals surface area contributed by atoms with Gasteiger partial charge in [0.2, 0.25) is 0 Å². The molecule has 5 heteroatoms. The SMILES string of the molecule is OC1=CN2NCC(C(O)O)=C2C=C1. The molecule has 2 rings (SSSR count). The van der Waals surface area contributed by atoms with E-state index in [9.17, 15) is 0 Å². The molecule has 0 aliphatic carbocycles. The zero-order valence-electron chi connectivity index (χ0n) is 6.81. The highest BCUT2D eigenvalue weighted by Gasteiger charge is 2.24. The van der Waals surface area contributed by atoms with Crippen LogP contribution < -0.4 is 5.43 Å². The summed E-state index contributed by atoms with van der Waals surface area (Å²) in [4.78, 5) is 0. The molecule has 0 bridgehead atoms. The molecule has 0 aromatic heterocycles. The van der Waals surface area contributed by atoms with Gasteiger partial charge in [-0.1, -0.05) is 0 Å². The normalized spacial score (nSPS) is 21.2. The molecule has 0 radical (unpaired) electrons. The summed E-state index contributed by atoms with van der Waals surface area (Å²) in [5.74, 6) is 0.130. The van der Waals surface area contributed by atoms with E-state index >= 15 is 0 Å². The molecule has 0 saturated carbocycles. The fraction of sp³-hybridized carbons (Fsp3) is 0.250. The van der Waals surface area contributed by atoms with Gasteiger partial charge in [0.15, 0.2) is 6.29 Å². The van der Waals surface area contributed by atoms with Crippen LogP contribution in [-0.4, -0.2) is 33.2 Å². The maximum absolute atomic E-state index is 9.13. The van der Waals surface area contributed by atoms with Crippen LogP contribution in [0.4, 0.5) is 0 Å². The van der Waals surface area contributed by atoms with E-state index < -0.39 is 6.29 Å². The number of nitrogens with one attached hydrogen (secondary N) is 1. The van der Waals surface area contributed by atoms with Crippen molar-refractivity contribution in [1.82, 2.24) is 10.4 Å². The lowest BCUT2D eigenvalue weighted by molar-refractivity contribution is -0.00860. The number of fused-ring (bicyclic) bond motifs is 1. The summed E-state index contributed by atoms with van der Waals surface area (Å²) < 4.78 is 0. The lowest BCUT2D eigenvalue weighted by Gasteiger charge is -2.18. The van der Waals surface area contributed by atoms with Crippen LogP contribution >= 0.6 is 0 Å². The molecule has 0 saturated heterocycles. The van der Waals surface area contributed by atoms with Gasteiger partial charge >= 0.3 is 0 Å². The first-order valence-electron chi connectivity index (χ1n) is 3.89. The Bertz CT molecular complexity index is 317. The summed E-state index contributed by atoms with van der Waals surface area (Å²) in [5.41, 5.74) is 4.05. The van der Waals surface area contributed by atoms with Gasteiger partial charge in [-0.2, -0.15) is 0 Å². The predicted octanol–water partition coefficient (Wildman–Crippen LogP) is -0.659. The van der Waals surface area contributed by atoms with Gasteiger partial charge in [-0.05, 0) is 12.2 Å². The van der Waals surface area contributed by atoms with Crippen LogP contribution in [0.5, 0.6) is 0 Å². The van der Waals surface area contributed by atoms with Crippen molar-refractivity contribution in [2.24, 2.45) is 0 Å². The minimum atomic E-state index is -1.45. The van der Waals surface area contributed by atoms with Crippen molar-refractivity contribution in [3.63, 3.8) is 0 Å². The van der Waals surface area contributed by atoms with Gasteiger partial charge in [0.05, 0.1) is 11.9 Å². The van der Waals surface area contributed by atoms with Crippen molar-refractivity contribution < 1.29 is 15.3 Å². The van der Waals surface area contributed by atoms with Crippen molar-refractivity contribution in [3.05, 3.63) is 35.4 Å². The number of allylic oxidation sites excluding steroid dienone is 2. The van der Waals surface area contributed by atoms with E-state index in [-0.39, 0.29) is 5.76 Å². The molecule has 13 heavy (non-hydrogen) atoms. The van der Waals surface area contributed by atoms with E-state index in [1.807, 2.05) is 0 Å². The molecule has 5 nitrogen and oxygen atoms in total. The van der Waals surface area contributed by atoms with Gasteiger partial charge in [0, 0.05) is 12.1 Å². The molecule has 0 unspecified atom stereocenters. The highest BCUT2D eigenvalue weighted by atomic mass is 16.5. The van der Waals surface area contributed by atoms with Crippen molar-refractivity contribution in [2.45, 2.75) is 6.29 Å². The fourth-order valence-electron chi connectivity index (χ4n) is 1.37. The van der Waals surface area contributed by atoms with Crippen LogP contribution in [0, 0.1) is 0 Å². The second kappa shape index (κ2) is 2.88. The Hall–Kier alpha value is -1.30. The largest absolute Gasteiger partial charge is 0.506 e. The van der Waals surface area contributed by atoms with E-state index in [1.165, 1.54) is 12.3 Å². The Morgan fingerprint density at radius 1 is 1.38 bits per heavy atom. The van der Waals surface area contributed by atoms with Crippen LogP contribution in [0.2, 0.25) is 0 Å². The first-order chi connectivity index (χ1) is 6.18. The summed E-state index contributed by atoms with van der Waals surface area (Å²) in [5, 5.41) is 28.6. The number of hydrogen-bond acceptors (Lipinski definition) is 5. The molecule has 0 aromatic rings. The number of aliphatic hydroxyl groups excluding tert-OH is 2. The van der Waals surface area contributed by atoms with Gasteiger partial charge in [-0.15, -0.1) is 0 Å². The van der Waals surface area contributed by atoms with Crippen molar-refractivity contribution in [2.75, 3.05) is 6.54 Å². The molecule has 2 aliphatic rings. The average Bonchev–Trinajstić information content (AvgIpc) is 2.46. The fourth-order valence-corrected chi connectivity index (χ4v) is 1.37. The summed E-state index contributed by atoms with van der Waals surface area (Å²) in [6.45, 7) is 0.376. The molecule has 0 amide bonds. The minimum Gasteiger partial charge on any atom is -0.506 e. The number of rotatable bonds is 1. The maximum Gasteiger partial charge on any atom is 0.178 e. The molecular weight excluding hydrogens is 172 g/mol. The van der Waals surface area contributed by atoms with Gasteiger partial charge < -0.3 is 15.3 Å². The molecule has 0 spiro atoms. The van der Waals surface area contributed by atoms with Crippen molar-refractivity contribution >= 4 is 0 Å². The smallest absolute Gasteiger partial charge is 0.178 e. The van der Waals surface area contributed by atoms with Crippen molar-refractivity contribution in [3.8, 4) is 0 Å². The Balaban J connectivity index is 2.34. The van der Waals surface area contributed by atoms with Crippen LogP contribution in [0.3, 0.4) is 0 Å². The molecule has 0 aromatic carbocycles. The minimum absolute atomic E-state index is 0.130.